The van der Waals surface area contributed by atoms with E-state index in [9.17, 15) is 5.41 Å². The van der Waals surface area contributed by atoms with Gasteiger partial charge in [-0.2, -0.15) is 0 Å². The molecule has 2 aromatic heterocycles. The van der Waals surface area contributed by atoms with E-state index in [0.717, 1.165) is 83.2 Å². The van der Waals surface area contributed by atoms with Gasteiger partial charge < -0.3 is 13.7 Å². The minimum absolute atomic E-state index is 0.462. The zero-order chi connectivity index (χ0) is 31.3. The normalized spacial score (nSPS) is 11.5. The van der Waals surface area contributed by atoms with E-state index in [1.165, 1.54) is 0 Å². The van der Waals surface area contributed by atoms with Gasteiger partial charge in [0.2, 0.25) is 0 Å². The topological polar surface area (TPSA) is 53.4 Å². The average molecular weight is 605 g/mol. The third-order valence-electron chi connectivity index (χ3n) is 8.89. The van der Waals surface area contributed by atoms with Crippen LogP contribution >= 0.6 is 0 Å². The number of para-hydroxylation sites is 3. The van der Waals surface area contributed by atoms with Gasteiger partial charge in [0.15, 0.2) is 0 Å². The zero-order valence-electron chi connectivity index (χ0n) is 25.4. The van der Waals surface area contributed by atoms with Crippen molar-refractivity contribution >= 4 is 66.7 Å². The highest BCUT2D eigenvalue weighted by Crippen LogP contribution is 2.39. The van der Waals surface area contributed by atoms with E-state index < -0.39 is 0 Å². The van der Waals surface area contributed by atoms with Crippen LogP contribution in [0.15, 0.2) is 173 Å². The Kier molecular flexibility index (Phi) is 6.25. The van der Waals surface area contributed by atoms with E-state index in [-0.39, 0.29) is 0 Å². The van der Waals surface area contributed by atoms with Gasteiger partial charge in [-0.1, -0.05) is 78.9 Å². The summed E-state index contributed by atoms with van der Waals surface area (Å²) in [5, 5.41) is 13.4. The summed E-state index contributed by atoms with van der Waals surface area (Å²) >= 11 is 0. The minimum atomic E-state index is 0.462. The maximum absolute atomic E-state index is 9.20. The van der Waals surface area contributed by atoms with Crippen molar-refractivity contribution in [3.05, 3.63) is 175 Å². The number of benzene rings is 7. The molecule has 9 aromatic rings. The Morgan fingerprint density at radius 2 is 0.979 bits per heavy atom. The van der Waals surface area contributed by atoms with Crippen LogP contribution in [0, 0.1) is 5.41 Å². The van der Waals surface area contributed by atoms with Gasteiger partial charge in [-0.05, 0) is 90.0 Å². The molecule has 0 aliphatic heterocycles. The molecule has 7 aromatic carbocycles. The van der Waals surface area contributed by atoms with Gasteiger partial charge >= 0.3 is 0 Å². The molecule has 4 nitrogen and oxygen atoms in total. The van der Waals surface area contributed by atoms with Crippen molar-refractivity contribution in [3.63, 3.8) is 0 Å². The fourth-order valence-corrected chi connectivity index (χ4v) is 6.59. The van der Waals surface area contributed by atoms with Crippen LogP contribution in [0.3, 0.4) is 0 Å². The second-order valence-corrected chi connectivity index (χ2v) is 11.8. The van der Waals surface area contributed by atoms with Crippen LogP contribution in [0.5, 0.6) is 0 Å². The molecule has 0 unspecified atom stereocenters. The van der Waals surface area contributed by atoms with Crippen molar-refractivity contribution in [2.24, 2.45) is 0 Å². The first-order valence-corrected chi connectivity index (χ1v) is 15.7. The number of furan rings is 2. The van der Waals surface area contributed by atoms with Gasteiger partial charge in [0.1, 0.15) is 22.3 Å². The van der Waals surface area contributed by atoms with Crippen LogP contribution in [0.1, 0.15) is 11.1 Å². The number of fused-ring (bicyclic) bond motifs is 6. The molecular formula is C43H28N2O2. The summed E-state index contributed by atoms with van der Waals surface area (Å²) in [5.41, 5.74) is 10.8. The average Bonchev–Trinajstić information content (AvgIpc) is 3.69. The van der Waals surface area contributed by atoms with Crippen LogP contribution in [0.2, 0.25) is 0 Å². The quantitative estimate of drug-likeness (QED) is 0.192. The fraction of sp³-hybridized carbons (Fsp3) is 0. The highest BCUT2D eigenvalue weighted by Gasteiger charge is 2.16. The van der Waals surface area contributed by atoms with Crippen molar-refractivity contribution in [2.45, 2.75) is 0 Å². The Morgan fingerprint density at radius 1 is 0.383 bits per heavy atom. The molecule has 4 heteroatoms. The van der Waals surface area contributed by atoms with Crippen molar-refractivity contribution in [1.82, 2.24) is 0 Å². The Hall–Kier alpha value is -6.39. The summed E-state index contributed by atoms with van der Waals surface area (Å²) in [4.78, 5) is 2.23. The minimum Gasteiger partial charge on any atom is -0.456 e. The molecule has 0 aliphatic carbocycles. The molecule has 0 saturated carbocycles. The van der Waals surface area contributed by atoms with Crippen LogP contribution < -0.4 is 4.90 Å². The van der Waals surface area contributed by atoms with E-state index in [4.69, 9.17) is 8.83 Å². The third-order valence-corrected chi connectivity index (χ3v) is 8.89. The summed E-state index contributed by atoms with van der Waals surface area (Å²) in [6.07, 6.45) is 0. The van der Waals surface area contributed by atoms with E-state index in [2.05, 4.69) is 114 Å². The number of rotatable bonds is 6. The van der Waals surface area contributed by atoms with Crippen LogP contribution in [-0.2, 0) is 0 Å². The molecule has 47 heavy (non-hydrogen) atoms. The molecular weight excluding hydrogens is 576 g/mol. The van der Waals surface area contributed by atoms with Gasteiger partial charge in [0.25, 0.3) is 0 Å². The second kappa shape index (κ2) is 10.9. The van der Waals surface area contributed by atoms with E-state index in [0.29, 0.717) is 5.71 Å². The van der Waals surface area contributed by atoms with Gasteiger partial charge in [-0.3, -0.25) is 5.41 Å². The Balaban J connectivity index is 1.06. The maximum atomic E-state index is 9.20. The van der Waals surface area contributed by atoms with E-state index >= 15 is 0 Å². The van der Waals surface area contributed by atoms with Crippen LogP contribution in [-0.4, -0.2) is 5.71 Å². The van der Waals surface area contributed by atoms with Crippen LogP contribution in [0.25, 0.3) is 55.0 Å². The SMILES string of the molecule is N=C(c1cccc(-c2ccc3c(c2)oc2ccccc23)c1)c1ccc2oc3cc(N(c4ccccc4)c4ccccc4)ccc3c2c1. The number of nitrogens with zero attached hydrogens (tertiary/aromatic N) is 1. The van der Waals surface area contributed by atoms with Gasteiger partial charge in [0, 0.05) is 55.8 Å². The Morgan fingerprint density at radius 3 is 1.77 bits per heavy atom. The standard InChI is InChI=1S/C43H28N2O2/c44-43(30-11-9-10-28(24-30)29-18-21-36-35-16-7-8-17-39(35)46-41(36)26-29)31-19-23-40-38(25-31)37-22-20-34(27-42(37)47-40)45(32-12-3-1-4-13-32)33-14-5-2-6-15-33/h1-27,44H. The molecule has 0 amide bonds. The zero-order valence-corrected chi connectivity index (χ0v) is 25.4. The maximum Gasteiger partial charge on any atom is 0.137 e. The lowest BCUT2D eigenvalue weighted by Gasteiger charge is -2.25. The molecule has 0 bridgehead atoms. The highest BCUT2D eigenvalue weighted by atomic mass is 16.3. The smallest absolute Gasteiger partial charge is 0.137 e. The lowest BCUT2D eigenvalue weighted by molar-refractivity contribution is 0.668. The Bertz CT molecular complexity index is 2560. The van der Waals surface area contributed by atoms with Gasteiger partial charge in [0.05, 0.1) is 5.71 Å². The molecule has 9 rings (SSSR count). The summed E-state index contributed by atoms with van der Waals surface area (Å²) in [6, 6.07) is 55.7. The van der Waals surface area contributed by atoms with Crippen LogP contribution in [0.4, 0.5) is 17.1 Å². The predicted octanol–water partition coefficient (Wildman–Crippen LogP) is 12.0. The van der Waals surface area contributed by atoms with E-state index in [1.54, 1.807) is 0 Å². The molecule has 1 N–H and O–H groups in total. The van der Waals surface area contributed by atoms with Gasteiger partial charge in [-0.25, -0.2) is 0 Å². The lowest BCUT2D eigenvalue weighted by Crippen LogP contribution is -2.09. The summed E-state index contributed by atoms with van der Waals surface area (Å²) < 4.78 is 12.5. The summed E-state index contributed by atoms with van der Waals surface area (Å²) in [6.45, 7) is 0. The third kappa shape index (κ3) is 4.66. The number of hydrogen-bond donors (Lipinski definition) is 1. The highest BCUT2D eigenvalue weighted by molar-refractivity contribution is 6.15. The van der Waals surface area contributed by atoms with Crippen molar-refractivity contribution in [2.75, 3.05) is 4.90 Å². The van der Waals surface area contributed by atoms with E-state index in [1.807, 2.05) is 54.6 Å². The summed E-state index contributed by atoms with van der Waals surface area (Å²) in [7, 11) is 0. The number of hydrogen-bond acceptors (Lipinski definition) is 4. The monoisotopic (exact) mass is 604 g/mol. The molecule has 0 radical (unpaired) electrons. The number of nitrogens with one attached hydrogen (secondary N) is 1. The molecule has 0 saturated heterocycles. The number of anilines is 3. The second-order valence-electron chi connectivity index (χ2n) is 11.8. The molecule has 0 aliphatic rings. The van der Waals surface area contributed by atoms with Crippen molar-refractivity contribution < 1.29 is 8.83 Å². The largest absolute Gasteiger partial charge is 0.456 e. The molecule has 222 valence electrons. The van der Waals surface area contributed by atoms with Gasteiger partial charge in [-0.15, -0.1) is 0 Å². The molecule has 0 spiro atoms. The fourth-order valence-electron chi connectivity index (χ4n) is 6.59. The first-order valence-electron chi connectivity index (χ1n) is 15.7. The predicted molar refractivity (Wildman–Crippen MR) is 193 cm³/mol. The first-order chi connectivity index (χ1) is 23.2. The first kappa shape index (κ1) is 27.0. The molecule has 0 fully saturated rings. The lowest BCUT2D eigenvalue weighted by atomic mass is 9.96. The molecule has 0 atom stereocenters. The van der Waals surface area contributed by atoms with Crippen molar-refractivity contribution in [3.8, 4) is 11.1 Å². The molecule has 2 heterocycles. The Labute approximate surface area is 271 Å². The van der Waals surface area contributed by atoms with Crippen molar-refractivity contribution in [1.29, 1.82) is 5.41 Å². The summed E-state index contributed by atoms with van der Waals surface area (Å²) in [5.74, 6) is 0.